The Morgan fingerprint density at radius 1 is 1.15 bits per heavy atom. The number of hydrogen-bond acceptors (Lipinski definition) is 3. The Bertz CT molecular complexity index is 919. The number of anilines is 1. The molecule has 5 nitrogen and oxygen atoms in total. The van der Waals surface area contributed by atoms with Gasteiger partial charge in [-0.2, -0.15) is 17.5 Å². The highest BCUT2D eigenvalue weighted by Gasteiger charge is 2.33. The first kappa shape index (κ1) is 21.2. The number of halogens is 4. The summed E-state index contributed by atoms with van der Waals surface area (Å²) in [6.45, 7) is 1.02. The quantitative estimate of drug-likeness (QED) is 0.767. The predicted molar refractivity (Wildman–Crippen MR) is 96.0 cm³/mol. The average Bonchev–Trinajstić information content (AvgIpc) is 2.61. The van der Waals surface area contributed by atoms with Crippen molar-refractivity contribution in [3.63, 3.8) is 0 Å². The van der Waals surface area contributed by atoms with Gasteiger partial charge in [-0.05, 0) is 30.3 Å². The summed E-state index contributed by atoms with van der Waals surface area (Å²) in [6.07, 6.45) is -4.68. The van der Waals surface area contributed by atoms with Crippen molar-refractivity contribution >= 4 is 33.2 Å². The molecular weight excluding hydrogens is 405 g/mol. The highest BCUT2D eigenvalue weighted by molar-refractivity contribution is 7.89. The maximum Gasteiger partial charge on any atom is 0.417 e. The fourth-order valence-corrected chi connectivity index (χ4v) is 3.94. The van der Waals surface area contributed by atoms with Gasteiger partial charge in [-0.15, -0.1) is 0 Å². The van der Waals surface area contributed by atoms with Crippen molar-refractivity contribution in [1.82, 2.24) is 4.31 Å². The van der Waals surface area contributed by atoms with E-state index in [1.165, 1.54) is 18.2 Å². The molecule has 2 aromatic rings. The molecule has 1 amide bonds. The topological polar surface area (TPSA) is 66.5 Å². The SMILES string of the molecule is CCN(CC(=O)Nc1ccc(Cl)c(C(F)(F)F)c1)S(=O)(=O)c1ccccc1. The first-order chi connectivity index (χ1) is 12.6. The van der Waals surface area contributed by atoms with Crippen LogP contribution in [0.4, 0.5) is 18.9 Å². The predicted octanol–water partition coefficient (Wildman–Crippen LogP) is 4.01. The van der Waals surface area contributed by atoms with Crippen molar-refractivity contribution < 1.29 is 26.4 Å². The van der Waals surface area contributed by atoms with Gasteiger partial charge in [0.25, 0.3) is 0 Å². The van der Waals surface area contributed by atoms with Crippen LogP contribution in [0.5, 0.6) is 0 Å². The summed E-state index contributed by atoms with van der Waals surface area (Å²) in [6, 6.07) is 10.5. The Hall–Kier alpha value is -2.10. The summed E-state index contributed by atoms with van der Waals surface area (Å²) in [4.78, 5) is 12.2. The average molecular weight is 421 g/mol. The number of nitrogens with one attached hydrogen (secondary N) is 1. The van der Waals surface area contributed by atoms with Crippen LogP contribution in [-0.4, -0.2) is 31.7 Å². The molecule has 0 atom stereocenters. The number of carbonyl (C=O) groups is 1. The number of likely N-dealkylation sites (N-methyl/N-ethyl adjacent to an activating group) is 1. The monoisotopic (exact) mass is 420 g/mol. The van der Waals surface area contributed by atoms with Crippen LogP contribution >= 0.6 is 11.6 Å². The van der Waals surface area contributed by atoms with Gasteiger partial charge in [-0.3, -0.25) is 4.79 Å². The van der Waals surface area contributed by atoms with Gasteiger partial charge >= 0.3 is 6.18 Å². The minimum absolute atomic E-state index is 0.0130. The van der Waals surface area contributed by atoms with Crippen molar-refractivity contribution in [2.45, 2.75) is 18.0 Å². The number of benzene rings is 2. The molecule has 10 heteroatoms. The van der Waals surface area contributed by atoms with Crippen LogP contribution in [0.2, 0.25) is 5.02 Å². The number of rotatable bonds is 6. The first-order valence-electron chi connectivity index (χ1n) is 7.77. The maximum absolute atomic E-state index is 12.9. The second-order valence-corrected chi connectivity index (χ2v) is 7.83. The fraction of sp³-hybridized carbons (Fsp3) is 0.235. The van der Waals surface area contributed by atoms with E-state index >= 15 is 0 Å². The van der Waals surface area contributed by atoms with Crippen molar-refractivity contribution in [3.05, 3.63) is 59.1 Å². The van der Waals surface area contributed by atoms with Gasteiger partial charge in [0.1, 0.15) is 0 Å². The smallest absolute Gasteiger partial charge is 0.325 e. The van der Waals surface area contributed by atoms with Gasteiger partial charge in [-0.25, -0.2) is 8.42 Å². The van der Waals surface area contributed by atoms with E-state index in [0.29, 0.717) is 6.07 Å². The van der Waals surface area contributed by atoms with Crippen LogP contribution < -0.4 is 5.32 Å². The van der Waals surface area contributed by atoms with Gasteiger partial charge in [0.05, 0.1) is 22.0 Å². The van der Waals surface area contributed by atoms with E-state index in [2.05, 4.69) is 5.32 Å². The zero-order valence-electron chi connectivity index (χ0n) is 14.1. The van der Waals surface area contributed by atoms with Gasteiger partial charge in [0.2, 0.25) is 15.9 Å². The lowest BCUT2D eigenvalue weighted by atomic mass is 10.2. The summed E-state index contributed by atoms with van der Waals surface area (Å²) in [5.41, 5.74) is -1.23. The third-order valence-corrected chi connectivity index (χ3v) is 5.87. The minimum Gasteiger partial charge on any atom is -0.325 e. The Morgan fingerprint density at radius 3 is 2.33 bits per heavy atom. The molecule has 0 saturated carbocycles. The Balaban J connectivity index is 2.17. The molecule has 0 spiro atoms. The molecule has 0 aliphatic heterocycles. The summed E-state index contributed by atoms with van der Waals surface area (Å²) in [7, 11) is -3.91. The molecule has 0 aliphatic rings. The van der Waals surface area contributed by atoms with Crippen LogP contribution in [-0.2, 0) is 21.0 Å². The van der Waals surface area contributed by atoms with Crippen LogP contribution in [0.3, 0.4) is 0 Å². The summed E-state index contributed by atoms with van der Waals surface area (Å²) >= 11 is 5.53. The third-order valence-electron chi connectivity index (χ3n) is 3.61. The Labute approximate surface area is 159 Å². The molecule has 1 N–H and O–H groups in total. The maximum atomic E-state index is 12.9. The van der Waals surface area contributed by atoms with Gasteiger partial charge in [0.15, 0.2) is 0 Å². The molecule has 2 rings (SSSR count). The zero-order valence-corrected chi connectivity index (χ0v) is 15.7. The summed E-state index contributed by atoms with van der Waals surface area (Å²) in [5.74, 6) is -0.771. The fourth-order valence-electron chi connectivity index (χ4n) is 2.29. The second-order valence-electron chi connectivity index (χ2n) is 5.48. The lowest BCUT2D eigenvalue weighted by Crippen LogP contribution is -2.37. The van der Waals surface area contributed by atoms with Gasteiger partial charge in [-0.1, -0.05) is 36.7 Å². The van der Waals surface area contributed by atoms with E-state index in [9.17, 15) is 26.4 Å². The number of amides is 1. The summed E-state index contributed by atoms with van der Waals surface area (Å²) in [5, 5.41) is 1.77. The second kappa shape index (κ2) is 8.28. The molecule has 2 aromatic carbocycles. The summed E-state index contributed by atoms with van der Waals surface area (Å²) < 4.78 is 64.7. The van der Waals surface area contributed by atoms with Crippen LogP contribution in [0.25, 0.3) is 0 Å². The Kier molecular flexibility index (Phi) is 6.50. The largest absolute Gasteiger partial charge is 0.417 e. The lowest BCUT2D eigenvalue weighted by molar-refractivity contribution is -0.137. The van der Waals surface area contributed by atoms with Crippen LogP contribution in [0.15, 0.2) is 53.4 Å². The third kappa shape index (κ3) is 5.21. The van der Waals surface area contributed by atoms with Gasteiger partial charge < -0.3 is 5.32 Å². The number of hydrogen-bond donors (Lipinski definition) is 1. The number of alkyl halides is 3. The van der Waals surface area contributed by atoms with E-state index < -0.39 is 39.2 Å². The highest BCUT2D eigenvalue weighted by Crippen LogP contribution is 2.36. The van der Waals surface area contributed by atoms with E-state index in [4.69, 9.17) is 11.6 Å². The number of carbonyl (C=O) groups excluding carboxylic acids is 1. The molecule has 0 radical (unpaired) electrons. The molecule has 0 heterocycles. The minimum atomic E-state index is -4.68. The van der Waals surface area contributed by atoms with Crippen LogP contribution in [0.1, 0.15) is 12.5 Å². The van der Waals surface area contributed by atoms with E-state index in [1.807, 2.05) is 0 Å². The lowest BCUT2D eigenvalue weighted by Gasteiger charge is -2.20. The molecule has 0 unspecified atom stereocenters. The number of sulfonamides is 1. The molecule has 0 bridgehead atoms. The molecule has 0 saturated heterocycles. The van der Waals surface area contributed by atoms with Crippen molar-refractivity contribution in [2.75, 3.05) is 18.4 Å². The zero-order chi connectivity index (χ0) is 20.2. The standard InChI is InChI=1S/C17H16ClF3N2O3S/c1-2-23(27(25,26)13-6-4-3-5-7-13)11-16(24)22-12-8-9-15(18)14(10-12)17(19,20)21/h3-10H,2,11H2,1H3,(H,22,24). The molecule has 146 valence electrons. The van der Waals surface area contributed by atoms with Crippen molar-refractivity contribution in [2.24, 2.45) is 0 Å². The van der Waals surface area contributed by atoms with E-state index in [-0.39, 0.29) is 17.1 Å². The van der Waals surface area contributed by atoms with Gasteiger partial charge in [0, 0.05) is 12.2 Å². The normalized spacial score (nSPS) is 12.2. The molecule has 0 aromatic heterocycles. The Morgan fingerprint density at radius 2 is 1.78 bits per heavy atom. The van der Waals surface area contributed by atoms with E-state index in [0.717, 1.165) is 10.4 Å². The first-order valence-corrected chi connectivity index (χ1v) is 9.59. The molecule has 27 heavy (non-hydrogen) atoms. The molecular formula is C17H16ClF3N2O3S. The van der Waals surface area contributed by atoms with Crippen LogP contribution in [0, 0.1) is 0 Å². The van der Waals surface area contributed by atoms with Crippen molar-refractivity contribution in [1.29, 1.82) is 0 Å². The molecule has 0 aliphatic carbocycles. The molecule has 0 fully saturated rings. The van der Waals surface area contributed by atoms with Crippen molar-refractivity contribution in [3.8, 4) is 0 Å². The highest BCUT2D eigenvalue weighted by atomic mass is 35.5. The number of nitrogens with zero attached hydrogens (tertiary/aromatic N) is 1. The van der Waals surface area contributed by atoms with E-state index in [1.54, 1.807) is 25.1 Å².